The van der Waals surface area contributed by atoms with Crippen LogP contribution in [0.25, 0.3) is 6.08 Å². The Morgan fingerprint density at radius 1 is 1.42 bits per heavy atom. The highest BCUT2D eigenvalue weighted by Crippen LogP contribution is 2.14. The van der Waals surface area contributed by atoms with E-state index in [1.54, 1.807) is 19.9 Å². The van der Waals surface area contributed by atoms with Gasteiger partial charge in [-0.25, -0.2) is 4.79 Å². The van der Waals surface area contributed by atoms with Crippen LogP contribution < -0.4 is 5.32 Å². The Balaban J connectivity index is 1.96. The zero-order valence-corrected chi connectivity index (χ0v) is 14.2. The molecular weight excluding hydrogens is 342 g/mol. The Hall–Kier alpha value is -3.49. The van der Waals surface area contributed by atoms with Gasteiger partial charge in [0.2, 0.25) is 0 Å². The highest BCUT2D eigenvalue weighted by Gasteiger charge is 2.21. The summed E-state index contributed by atoms with van der Waals surface area (Å²) in [6.45, 7) is 3.37. The van der Waals surface area contributed by atoms with Crippen LogP contribution in [0, 0.1) is 17.0 Å². The third-order valence-electron chi connectivity index (χ3n) is 3.29. The van der Waals surface area contributed by atoms with Gasteiger partial charge in [0, 0.05) is 24.3 Å². The molecule has 1 amide bonds. The number of rotatable bonds is 7. The molecule has 2 aromatic rings. The van der Waals surface area contributed by atoms with E-state index in [-0.39, 0.29) is 17.9 Å². The summed E-state index contributed by atoms with van der Waals surface area (Å²) in [5, 5.41) is 16.9. The maximum Gasteiger partial charge on any atom is 0.331 e. The summed E-state index contributed by atoms with van der Waals surface area (Å²) in [5.74, 6) is -0.507. The molecule has 0 spiro atoms. The summed E-state index contributed by atoms with van der Waals surface area (Å²) in [4.78, 5) is 34.2. The van der Waals surface area contributed by atoms with Gasteiger partial charge in [0.15, 0.2) is 11.9 Å². The number of non-ortho nitro benzene ring substituents is 1. The van der Waals surface area contributed by atoms with E-state index in [0.29, 0.717) is 11.3 Å². The number of carbonyl (C=O) groups is 2. The third-order valence-corrected chi connectivity index (χ3v) is 3.29. The van der Waals surface area contributed by atoms with Gasteiger partial charge in [-0.05, 0) is 25.0 Å². The molecule has 136 valence electrons. The van der Waals surface area contributed by atoms with E-state index in [1.165, 1.54) is 30.3 Å². The average Bonchev–Trinajstić information content (AvgIpc) is 3.02. The van der Waals surface area contributed by atoms with Crippen LogP contribution in [-0.2, 0) is 14.3 Å². The van der Waals surface area contributed by atoms with E-state index in [0.717, 1.165) is 6.08 Å². The minimum atomic E-state index is -1.01. The molecular formula is C17H17N3O6. The molecule has 0 saturated heterocycles. The summed E-state index contributed by atoms with van der Waals surface area (Å²) >= 11 is 0. The van der Waals surface area contributed by atoms with Crippen molar-refractivity contribution in [3.8, 4) is 0 Å². The lowest BCUT2D eigenvalue weighted by atomic mass is 10.2. The zero-order valence-electron chi connectivity index (χ0n) is 14.2. The molecule has 1 aromatic heterocycles. The molecule has 0 aliphatic rings. The smallest absolute Gasteiger partial charge is 0.331 e. The second-order valence-electron chi connectivity index (χ2n) is 5.33. The van der Waals surface area contributed by atoms with E-state index in [9.17, 15) is 19.7 Å². The average molecular weight is 359 g/mol. The standard InChI is InChI=1S/C17H17N3O6/c1-3-14(17(22)18-15-9-11(2)26-19-15)25-16(21)8-7-12-5-4-6-13(10-12)20(23)24/h4-10,14H,3H2,1-2H3,(H,18,19,22)/b8-7+. The molecule has 1 heterocycles. The number of nitrogens with one attached hydrogen (secondary N) is 1. The summed E-state index contributed by atoms with van der Waals surface area (Å²) in [6.07, 6.45) is 1.74. The second kappa shape index (κ2) is 8.56. The minimum Gasteiger partial charge on any atom is -0.449 e. The van der Waals surface area contributed by atoms with Crippen LogP contribution in [0.1, 0.15) is 24.7 Å². The highest BCUT2D eigenvalue weighted by molar-refractivity contribution is 5.96. The Kier molecular flexibility index (Phi) is 6.20. The lowest BCUT2D eigenvalue weighted by Crippen LogP contribution is -2.31. The Labute approximate surface area is 148 Å². The van der Waals surface area contributed by atoms with Gasteiger partial charge in [-0.1, -0.05) is 24.2 Å². The fraction of sp³-hybridized carbons (Fsp3) is 0.235. The summed E-state index contributed by atoms with van der Waals surface area (Å²) in [7, 11) is 0. The van der Waals surface area contributed by atoms with Crippen LogP contribution in [0.5, 0.6) is 0 Å². The predicted octanol–water partition coefficient (Wildman–Crippen LogP) is 2.86. The number of nitro benzene ring substituents is 1. The molecule has 1 aromatic carbocycles. The van der Waals surface area contributed by atoms with E-state index in [4.69, 9.17) is 9.26 Å². The van der Waals surface area contributed by atoms with Gasteiger partial charge in [0.05, 0.1) is 4.92 Å². The molecule has 0 aliphatic heterocycles. The van der Waals surface area contributed by atoms with E-state index >= 15 is 0 Å². The molecule has 0 fully saturated rings. The molecule has 1 atom stereocenters. The number of anilines is 1. The van der Waals surface area contributed by atoms with Crippen molar-refractivity contribution < 1.29 is 23.8 Å². The van der Waals surface area contributed by atoms with Crippen molar-refractivity contribution >= 4 is 29.5 Å². The van der Waals surface area contributed by atoms with Crippen molar-refractivity contribution in [3.05, 3.63) is 57.8 Å². The number of hydrogen-bond acceptors (Lipinski definition) is 7. The number of benzene rings is 1. The van der Waals surface area contributed by atoms with Crippen LogP contribution in [0.2, 0.25) is 0 Å². The zero-order chi connectivity index (χ0) is 19.1. The first-order chi connectivity index (χ1) is 12.4. The molecule has 1 N–H and O–H groups in total. The van der Waals surface area contributed by atoms with Crippen molar-refractivity contribution in [2.24, 2.45) is 0 Å². The maximum absolute atomic E-state index is 12.1. The van der Waals surface area contributed by atoms with E-state index in [2.05, 4.69) is 10.5 Å². The Bertz CT molecular complexity index is 843. The number of nitro groups is 1. The molecule has 0 radical (unpaired) electrons. The van der Waals surface area contributed by atoms with Crippen molar-refractivity contribution in [1.82, 2.24) is 5.16 Å². The van der Waals surface area contributed by atoms with Crippen LogP contribution >= 0.6 is 0 Å². The first kappa shape index (κ1) is 18.8. The van der Waals surface area contributed by atoms with E-state index < -0.39 is 22.9 Å². The first-order valence-corrected chi connectivity index (χ1v) is 7.76. The summed E-state index contributed by atoms with van der Waals surface area (Å²) < 4.78 is 9.95. The van der Waals surface area contributed by atoms with Crippen molar-refractivity contribution in [3.63, 3.8) is 0 Å². The lowest BCUT2D eigenvalue weighted by Gasteiger charge is -2.13. The predicted molar refractivity (Wildman–Crippen MR) is 92.2 cm³/mol. The topological polar surface area (TPSA) is 125 Å². The normalized spacial score (nSPS) is 11.9. The fourth-order valence-corrected chi connectivity index (χ4v) is 2.04. The molecule has 9 nitrogen and oxygen atoms in total. The number of esters is 1. The molecule has 0 aliphatic carbocycles. The largest absolute Gasteiger partial charge is 0.449 e. The molecule has 9 heteroatoms. The van der Waals surface area contributed by atoms with Crippen molar-refractivity contribution in [2.75, 3.05) is 5.32 Å². The number of carbonyl (C=O) groups excluding carboxylic acids is 2. The van der Waals surface area contributed by atoms with Crippen LogP contribution in [0.3, 0.4) is 0 Å². The van der Waals surface area contributed by atoms with Crippen molar-refractivity contribution in [1.29, 1.82) is 0 Å². The first-order valence-electron chi connectivity index (χ1n) is 7.76. The van der Waals surface area contributed by atoms with Crippen molar-refractivity contribution in [2.45, 2.75) is 26.4 Å². The van der Waals surface area contributed by atoms with E-state index in [1.807, 2.05) is 0 Å². The number of hydrogen-bond donors (Lipinski definition) is 1. The molecule has 1 unspecified atom stereocenters. The molecule has 0 bridgehead atoms. The minimum absolute atomic E-state index is 0.0887. The molecule has 26 heavy (non-hydrogen) atoms. The van der Waals surface area contributed by atoms with Gasteiger partial charge in [-0.15, -0.1) is 0 Å². The van der Waals surface area contributed by atoms with Gasteiger partial charge in [-0.3, -0.25) is 14.9 Å². The fourth-order valence-electron chi connectivity index (χ4n) is 2.04. The quantitative estimate of drug-likeness (QED) is 0.349. The van der Waals surface area contributed by atoms with Gasteiger partial charge in [0.25, 0.3) is 11.6 Å². The maximum atomic E-state index is 12.1. The van der Waals surface area contributed by atoms with Crippen LogP contribution in [0.15, 0.2) is 40.9 Å². The van der Waals surface area contributed by atoms with Crippen LogP contribution in [-0.4, -0.2) is 28.1 Å². The van der Waals surface area contributed by atoms with Gasteiger partial charge < -0.3 is 14.6 Å². The van der Waals surface area contributed by atoms with Crippen LogP contribution in [0.4, 0.5) is 11.5 Å². The monoisotopic (exact) mass is 359 g/mol. The number of ether oxygens (including phenoxy) is 1. The number of aryl methyl sites for hydroxylation is 1. The number of amides is 1. The number of aromatic nitrogens is 1. The third kappa shape index (κ3) is 5.26. The Morgan fingerprint density at radius 3 is 2.81 bits per heavy atom. The number of nitrogens with zero attached hydrogens (tertiary/aromatic N) is 2. The van der Waals surface area contributed by atoms with Gasteiger partial charge in [0.1, 0.15) is 5.76 Å². The molecule has 0 saturated carbocycles. The highest BCUT2D eigenvalue weighted by atomic mass is 16.6. The van der Waals surface area contributed by atoms with Gasteiger partial charge >= 0.3 is 5.97 Å². The lowest BCUT2D eigenvalue weighted by molar-refractivity contribution is -0.384. The second-order valence-corrected chi connectivity index (χ2v) is 5.33. The molecule has 2 rings (SSSR count). The summed E-state index contributed by atoms with van der Waals surface area (Å²) in [5.41, 5.74) is 0.376. The SMILES string of the molecule is CCC(OC(=O)/C=C/c1cccc([N+](=O)[O-])c1)C(=O)Nc1cc(C)on1. The Morgan fingerprint density at radius 2 is 2.19 bits per heavy atom. The van der Waals surface area contributed by atoms with Gasteiger partial charge in [-0.2, -0.15) is 0 Å². The summed E-state index contributed by atoms with van der Waals surface area (Å²) in [6, 6.07) is 7.31.